The van der Waals surface area contributed by atoms with Gasteiger partial charge in [0.05, 0.1) is 23.2 Å². The lowest BCUT2D eigenvalue weighted by Crippen LogP contribution is -2.74. The normalized spacial score (nSPS) is 28.2. The summed E-state index contributed by atoms with van der Waals surface area (Å²) in [6, 6.07) is 6.03. The first kappa shape index (κ1) is 30.0. The zero-order valence-electron chi connectivity index (χ0n) is 23.9. The molecule has 3 aliphatic carbocycles. The van der Waals surface area contributed by atoms with E-state index < -0.39 is 93.1 Å². The lowest BCUT2D eigenvalue weighted by molar-refractivity contribution is -0.181. The van der Waals surface area contributed by atoms with E-state index in [1.807, 2.05) is 19.0 Å². The molecule has 2 amide bonds. The molecule has 5 rings (SSSR count). The zero-order chi connectivity index (χ0) is 31.7. The number of nitrogens with zero attached hydrogens (tertiary/aromatic N) is 2. The van der Waals surface area contributed by atoms with Crippen molar-refractivity contribution in [2.24, 2.45) is 29.4 Å². The van der Waals surface area contributed by atoms with Gasteiger partial charge in [0.1, 0.15) is 11.6 Å². The van der Waals surface area contributed by atoms with Crippen LogP contribution in [0.1, 0.15) is 32.7 Å². The van der Waals surface area contributed by atoms with Gasteiger partial charge in [0.15, 0.2) is 34.7 Å². The molecule has 5 N–H and O–H groups in total. The number of ketones is 4. The first-order valence-corrected chi connectivity index (χ1v) is 13.6. The molecule has 2 aromatic carbocycles. The number of Topliss-reactive ketones (excluding diaryl/α,β-unsaturated/α-hetero) is 4. The Morgan fingerprint density at radius 3 is 2.23 bits per heavy atom. The third kappa shape index (κ3) is 4.41. The van der Waals surface area contributed by atoms with Crippen molar-refractivity contribution in [3.63, 3.8) is 0 Å². The number of rotatable bonds is 5. The van der Waals surface area contributed by atoms with Crippen LogP contribution in [0.2, 0.25) is 0 Å². The van der Waals surface area contributed by atoms with Crippen LogP contribution >= 0.6 is 0 Å². The minimum absolute atomic E-state index is 0.190. The van der Waals surface area contributed by atoms with Crippen LogP contribution in [0.15, 0.2) is 30.3 Å². The highest BCUT2D eigenvalue weighted by atomic mass is 19.1. The maximum atomic E-state index is 15.5. The smallest absolute Gasteiger partial charge is 0.255 e. The molecule has 0 aromatic heterocycles. The topological polar surface area (TPSA) is 187 Å². The van der Waals surface area contributed by atoms with Crippen molar-refractivity contribution in [2.75, 3.05) is 38.4 Å². The molecule has 2 aromatic rings. The highest BCUT2D eigenvalue weighted by Crippen LogP contribution is 2.51. The zero-order valence-corrected chi connectivity index (χ0v) is 23.9. The number of amides is 2. The number of aromatic hydroxyl groups is 1. The van der Waals surface area contributed by atoms with Gasteiger partial charge >= 0.3 is 0 Å². The van der Waals surface area contributed by atoms with E-state index in [1.165, 1.54) is 31.1 Å². The summed E-state index contributed by atoms with van der Waals surface area (Å²) in [5.41, 5.74) is 2.27. The Kier molecular flexibility index (Phi) is 7.22. The number of halogens is 1. The van der Waals surface area contributed by atoms with Crippen LogP contribution in [0.5, 0.6) is 5.75 Å². The van der Waals surface area contributed by atoms with Crippen LogP contribution in [0, 0.1) is 29.5 Å². The van der Waals surface area contributed by atoms with Crippen molar-refractivity contribution in [1.29, 1.82) is 0 Å². The summed E-state index contributed by atoms with van der Waals surface area (Å²) in [5.74, 6) is -14.3. The number of aliphatic hydroxyl groups is 1. The molecule has 2 saturated carbocycles. The molecule has 0 heterocycles. The number of phenolic OH excluding ortho intramolecular Hbond substituents is 1. The summed E-state index contributed by atoms with van der Waals surface area (Å²) in [6.07, 6.45) is -0.434. The first-order valence-electron chi connectivity index (χ1n) is 13.6. The van der Waals surface area contributed by atoms with Crippen LogP contribution in [0.3, 0.4) is 0 Å². The third-order valence-corrected chi connectivity index (χ3v) is 8.90. The average molecular weight is 595 g/mol. The van der Waals surface area contributed by atoms with Crippen LogP contribution in [-0.4, -0.2) is 89.9 Å². The molecule has 0 saturated heterocycles. The van der Waals surface area contributed by atoms with Gasteiger partial charge in [-0.15, -0.1) is 0 Å². The number of anilines is 2. The largest absolute Gasteiger partial charge is 0.505 e. The average Bonchev–Trinajstić information content (AvgIpc) is 2.93. The van der Waals surface area contributed by atoms with Gasteiger partial charge in [0.25, 0.3) is 5.91 Å². The number of fused-ring (bicyclic) bond motifs is 3. The SMILES string of the molecule is CN(C)c1ccc(C(=O)Nc2cc(F)c3c(c2O)C(=O)C2C(=O)[C@]4(O)C(=O)C(C(N)=O)C(=O)[C@@H](N(C)C)[C@@H]4C[C@@H]2C3)cc1. The fourth-order valence-electron chi connectivity index (χ4n) is 6.83. The molecule has 226 valence electrons. The number of likely N-dealkylation sites (N-methyl/N-ethyl adjacent to an activating group) is 1. The number of phenols is 1. The number of carbonyl (C=O) groups is 6. The van der Waals surface area contributed by atoms with Crippen molar-refractivity contribution in [1.82, 2.24) is 4.90 Å². The van der Waals surface area contributed by atoms with Crippen molar-refractivity contribution >= 4 is 46.3 Å². The molecule has 2 fully saturated rings. The molecule has 0 bridgehead atoms. The van der Waals surface area contributed by atoms with Crippen molar-refractivity contribution in [2.45, 2.75) is 24.5 Å². The third-order valence-electron chi connectivity index (χ3n) is 8.90. The quantitative estimate of drug-likeness (QED) is 0.277. The second kappa shape index (κ2) is 10.3. The Hall–Kier alpha value is -4.49. The summed E-state index contributed by atoms with van der Waals surface area (Å²) in [4.78, 5) is 82.3. The number of hydrogen-bond acceptors (Lipinski definition) is 10. The molecular formula is C30H31FN4O8. The number of nitrogens with one attached hydrogen (secondary N) is 1. The Bertz CT molecular complexity index is 1600. The number of primary amides is 1. The van der Waals surface area contributed by atoms with E-state index in [-0.39, 0.29) is 24.0 Å². The maximum absolute atomic E-state index is 15.5. The highest BCUT2D eigenvalue weighted by molar-refractivity contribution is 6.32. The standard InChI is InChI=1S/C30H31FN4O8/c1-34(2)14-7-5-12(6-8-14)29(42)33-18-11-17(31)15-9-13-10-16-22(35(3)4)25(38)21(28(32)41)27(40)30(16,43)26(39)19(13)24(37)20(15)23(18)36/h5-8,11,13,16,19,21-22,36,43H,9-10H2,1-4H3,(H2,32,41)(H,33,42)/t13-,16-,19?,21?,22-,30-/m0/s1. The van der Waals surface area contributed by atoms with Gasteiger partial charge in [0.2, 0.25) is 5.91 Å². The molecule has 12 nitrogen and oxygen atoms in total. The van der Waals surface area contributed by atoms with E-state index in [4.69, 9.17) is 5.73 Å². The van der Waals surface area contributed by atoms with Crippen LogP contribution in [0.25, 0.3) is 0 Å². The molecule has 2 unspecified atom stereocenters. The Balaban J connectivity index is 1.53. The van der Waals surface area contributed by atoms with Gasteiger partial charge in [-0.1, -0.05) is 0 Å². The molecule has 43 heavy (non-hydrogen) atoms. The Morgan fingerprint density at radius 1 is 1.05 bits per heavy atom. The summed E-state index contributed by atoms with van der Waals surface area (Å²) in [6.45, 7) is 0. The van der Waals surface area contributed by atoms with E-state index in [0.717, 1.165) is 11.8 Å². The van der Waals surface area contributed by atoms with Crippen LogP contribution in [-0.2, 0) is 25.6 Å². The van der Waals surface area contributed by atoms with Crippen LogP contribution in [0.4, 0.5) is 15.8 Å². The number of benzene rings is 2. The van der Waals surface area contributed by atoms with E-state index in [2.05, 4.69) is 5.32 Å². The van der Waals surface area contributed by atoms with E-state index in [1.54, 1.807) is 12.1 Å². The summed E-state index contributed by atoms with van der Waals surface area (Å²) >= 11 is 0. The summed E-state index contributed by atoms with van der Waals surface area (Å²) in [7, 11) is 6.58. The van der Waals surface area contributed by atoms with Crippen molar-refractivity contribution in [3.05, 3.63) is 52.8 Å². The van der Waals surface area contributed by atoms with E-state index in [0.29, 0.717) is 0 Å². The van der Waals surface area contributed by atoms with Gasteiger partial charge in [-0.2, -0.15) is 0 Å². The molecule has 6 atom stereocenters. The Labute approximate surface area is 245 Å². The monoisotopic (exact) mass is 594 g/mol. The predicted molar refractivity (Wildman–Crippen MR) is 150 cm³/mol. The molecule has 0 spiro atoms. The number of hydrogen-bond donors (Lipinski definition) is 4. The Morgan fingerprint density at radius 2 is 1.67 bits per heavy atom. The molecule has 13 heteroatoms. The molecule has 3 aliphatic rings. The maximum Gasteiger partial charge on any atom is 0.255 e. The minimum atomic E-state index is -2.89. The van der Waals surface area contributed by atoms with E-state index in [9.17, 15) is 39.0 Å². The van der Waals surface area contributed by atoms with Crippen LogP contribution < -0.4 is 16.0 Å². The first-order chi connectivity index (χ1) is 20.1. The van der Waals surface area contributed by atoms with Crippen molar-refractivity contribution in [3.8, 4) is 5.75 Å². The lowest BCUT2D eigenvalue weighted by atomic mass is 9.52. The second-order valence-corrected chi connectivity index (χ2v) is 11.8. The van der Waals surface area contributed by atoms with Crippen molar-refractivity contribution < 1.29 is 43.4 Å². The predicted octanol–water partition coefficient (Wildman–Crippen LogP) is 0.324. The number of nitrogens with two attached hydrogens (primary N) is 1. The van der Waals surface area contributed by atoms with Gasteiger partial charge < -0.3 is 26.2 Å². The summed E-state index contributed by atoms with van der Waals surface area (Å²) < 4.78 is 15.5. The van der Waals surface area contributed by atoms with Gasteiger partial charge in [-0.25, -0.2) is 4.39 Å². The second-order valence-electron chi connectivity index (χ2n) is 11.8. The molecular weight excluding hydrogens is 563 g/mol. The fraction of sp³-hybridized carbons (Fsp3) is 0.400. The lowest BCUT2D eigenvalue weighted by Gasteiger charge is -2.52. The highest BCUT2D eigenvalue weighted by Gasteiger charge is 2.69. The van der Waals surface area contributed by atoms with Gasteiger partial charge in [-0.05, 0) is 57.1 Å². The van der Waals surface area contributed by atoms with E-state index >= 15 is 4.39 Å². The van der Waals surface area contributed by atoms with Gasteiger partial charge in [0, 0.05) is 42.9 Å². The number of carbonyl (C=O) groups excluding carboxylic acids is 6. The molecule has 0 radical (unpaired) electrons. The fourth-order valence-corrected chi connectivity index (χ4v) is 6.83. The minimum Gasteiger partial charge on any atom is -0.505 e. The van der Waals surface area contributed by atoms with Gasteiger partial charge in [-0.3, -0.25) is 33.7 Å². The summed E-state index contributed by atoms with van der Waals surface area (Å²) in [5, 5.41) is 25.1. The molecule has 0 aliphatic heterocycles.